The maximum atomic E-state index is 14.0. The fourth-order valence-corrected chi connectivity index (χ4v) is 4.82. The maximum absolute atomic E-state index is 14.0. The fraction of sp³-hybridized carbons (Fsp3) is 0.625. The summed E-state index contributed by atoms with van der Waals surface area (Å²) in [7, 11) is 0. The van der Waals surface area contributed by atoms with Crippen LogP contribution >= 0.6 is 0 Å². The lowest BCUT2D eigenvalue weighted by Gasteiger charge is -2.43. The van der Waals surface area contributed by atoms with Crippen LogP contribution in [0.3, 0.4) is 0 Å². The zero-order valence-corrected chi connectivity index (χ0v) is 21.7. The van der Waals surface area contributed by atoms with Crippen LogP contribution in [0, 0.1) is 0 Å². The molecule has 2 aromatic rings. The molecule has 2 saturated heterocycles. The molecular weight excluding hydrogens is 528 g/mol. The molecule has 0 unspecified atom stereocenters. The summed E-state index contributed by atoms with van der Waals surface area (Å²) in [5, 5.41) is 16.1. The second-order valence-electron chi connectivity index (χ2n) is 10.9. The van der Waals surface area contributed by atoms with E-state index in [1.807, 2.05) is 12.1 Å². The Morgan fingerprint density at radius 2 is 1.77 bits per heavy atom. The van der Waals surface area contributed by atoms with E-state index in [-0.39, 0.29) is 32.6 Å². The molecule has 1 saturated carbocycles. The minimum atomic E-state index is -4.97. The number of carbonyl (C=O) groups excluding carboxylic acids is 3. The molecule has 0 radical (unpaired) electrons. The smallest absolute Gasteiger partial charge is 0.444 e. The Hall–Kier alpha value is -3.65. The third kappa shape index (κ3) is 6.17. The van der Waals surface area contributed by atoms with Crippen molar-refractivity contribution in [2.75, 3.05) is 26.2 Å². The summed E-state index contributed by atoms with van der Waals surface area (Å²) in [6, 6.07) is 6.13. The molecule has 1 spiro atoms. The minimum Gasteiger partial charge on any atom is -0.444 e. The van der Waals surface area contributed by atoms with Gasteiger partial charge in [0.1, 0.15) is 28.8 Å². The van der Waals surface area contributed by atoms with Crippen LogP contribution in [0.2, 0.25) is 0 Å². The van der Waals surface area contributed by atoms with Crippen molar-refractivity contribution in [2.45, 2.75) is 69.6 Å². The molecular formula is C24H30F4N6O5. The van der Waals surface area contributed by atoms with Gasteiger partial charge in [0, 0.05) is 26.1 Å². The van der Waals surface area contributed by atoms with Gasteiger partial charge in [-0.3, -0.25) is 14.5 Å². The van der Waals surface area contributed by atoms with Crippen molar-refractivity contribution in [2.24, 2.45) is 0 Å². The number of alkyl halides is 4. The summed E-state index contributed by atoms with van der Waals surface area (Å²) in [5.41, 5.74) is -0.515. The Labute approximate surface area is 221 Å². The average Bonchev–Trinajstić information content (AvgIpc) is 3.32. The highest BCUT2D eigenvalue weighted by Crippen LogP contribution is 2.46. The summed E-state index contributed by atoms with van der Waals surface area (Å²) in [6.45, 7) is 4.28. The molecule has 3 aliphatic rings. The maximum Gasteiger partial charge on any atom is 0.471 e. The molecule has 11 nitrogen and oxygen atoms in total. The standard InChI is InChI=1S/C18H25F4N3O4.C6H5N3O/c1-16(2,3)29-15(28)24-9-11(19)8-12(24)13(26)23-6-7-25(14(27)18(20,21)22)17(10-23)4-5-17;10-9-6-4-2-1-3-5(6)7-8-9/h11-12H,4-10H2,1-3H3;1-4,10H/t11-,12+;/m1./s1. The van der Waals surface area contributed by atoms with Crippen LogP contribution in [0.15, 0.2) is 24.3 Å². The van der Waals surface area contributed by atoms with E-state index in [0.29, 0.717) is 23.9 Å². The fourth-order valence-electron chi connectivity index (χ4n) is 4.82. The van der Waals surface area contributed by atoms with E-state index < -0.39 is 47.4 Å². The first kappa shape index (κ1) is 28.4. The van der Waals surface area contributed by atoms with Crippen LogP contribution < -0.4 is 0 Å². The Kier molecular flexibility index (Phi) is 7.38. The predicted octanol–water partition coefficient (Wildman–Crippen LogP) is 2.77. The number of hydrogen-bond donors (Lipinski definition) is 1. The van der Waals surface area contributed by atoms with Gasteiger partial charge < -0.3 is 19.7 Å². The second kappa shape index (κ2) is 10.2. The molecule has 1 aromatic heterocycles. The van der Waals surface area contributed by atoms with Crippen molar-refractivity contribution in [3.8, 4) is 0 Å². The van der Waals surface area contributed by atoms with Crippen molar-refractivity contribution >= 4 is 28.9 Å². The number of rotatable bonds is 1. The highest BCUT2D eigenvalue weighted by Gasteiger charge is 2.59. The molecule has 2 atom stereocenters. The Bertz CT molecular complexity index is 1240. The van der Waals surface area contributed by atoms with Gasteiger partial charge >= 0.3 is 18.2 Å². The van der Waals surface area contributed by atoms with Crippen LogP contribution in [0.1, 0.15) is 40.0 Å². The summed E-state index contributed by atoms with van der Waals surface area (Å²) in [6.07, 6.45) is -6.62. The largest absolute Gasteiger partial charge is 0.471 e. The highest BCUT2D eigenvalue weighted by atomic mass is 19.4. The van der Waals surface area contributed by atoms with E-state index in [4.69, 9.17) is 9.94 Å². The zero-order chi connectivity index (χ0) is 28.8. The van der Waals surface area contributed by atoms with Gasteiger partial charge in [-0.25, -0.2) is 9.18 Å². The van der Waals surface area contributed by atoms with E-state index in [9.17, 15) is 31.9 Å². The number of hydrogen-bond acceptors (Lipinski definition) is 7. The lowest BCUT2D eigenvalue weighted by molar-refractivity contribution is -0.191. The van der Waals surface area contributed by atoms with Crippen molar-refractivity contribution in [1.29, 1.82) is 0 Å². The first-order valence-electron chi connectivity index (χ1n) is 12.4. The topological polar surface area (TPSA) is 121 Å². The summed E-state index contributed by atoms with van der Waals surface area (Å²) in [4.78, 5) is 41.0. The molecule has 214 valence electrons. The minimum absolute atomic E-state index is 0.0523. The number of carbonyl (C=O) groups is 3. The number of aromatic nitrogens is 3. The molecule has 1 aromatic carbocycles. The first-order valence-corrected chi connectivity index (χ1v) is 12.4. The molecule has 0 bridgehead atoms. The third-order valence-corrected chi connectivity index (χ3v) is 6.78. The number of amides is 3. The van der Waals surface area contributed by atoms with Gasteiger partial charge in [-0.1, -0.05) is 17.0 Å². The average molecular weight is 559 g/mol. The van der Waals surface area contributed by atoms with Gasteiger partial charge in [-0.15, -0.1) is 5.10 Å². The van der Waals surface area contributed by atoms with Crippen molar-refractivity contribution < 1.29 is 41.9 Å². The first-order chi connectivity index (χ1) is 18.1. The molecule has 39 heavy (non-hydrogen) atoms. The van der Waals surface area contributed by atoms with Crippen LogP contribution in [0.25, 0.3) is 11.0 Å². The van der Waals surface area contributed by atoms with Crippen molar-refractivity contribution in [1.82, 2.24) is 29.9 Å². The number of piperazine rings is 1. The van der Waals surface area contributed by atoms with E-state index >= 15 is 0 Å². The molecule has 1 N–H and O–H groups in total. The van der Waals surface area contributed by atoms with Crippen LogP contribution in [0.4, 0.5) is 22.4 Å². The molecule has 3 heterocycles. The number of fused-ring (bicyclic) bond motifs is 1. The number of nitrogens with zero attached hydrogens (tertiary/aromatic N) is 6. The number of ether oxygens (including phenoxy) is 1. The number of para-hydroxylation sites is 1. The quantitative estimate of drug-likeness (QED) is 0.422. The van der Waals surface area contributed by atoms with Gasteiger partial charge in [0.05, 0.1) is 12.1 Å². The predicted molar refractivity (Wildman–Crippen MR) is 127 cm³/mol. The normalized spacial score (nSPS) is 22.5. The number of benzene rings is 1. The van der Waals surface area contributed by atoms with Gasteiger partial charge in [0.2, 0.25) is 5.91 Å². The molecule has 15 heteroatoms. The van der Waals surface area contributed by atoms with Crippen LogP contribution in [0.5, 0.6) is 0 Å². The van der Waals surface area contributed by atoms with E-state index in [2.05, 4.69) is 10.3 Å². The van der Waals surface area contributed by atoms with Crippen molar-refractivity contribution in [3.63, 3.8) is 0 Å². The Balaban J connectivity index is 0.000000292. The summed E-state index contributed by atoms with van der Waals surface area (Å²) < 4.78 is 57.8. The van der Waals surface area contributed by atoms with Crippen LogP contribution in [-0.2, 0) is 14.3 Å². The van der Waals surface area contributed by atoms with Crippen LogP contribution in [-0.4, -0.2) is 109 Å². The van der Waals surface area contributed by atoms with Gasteiger partial charge in [-0.05, 0) is 51.0 Å². The lowest BCUT2D eigenvalue weighted by Crippen LogP contribution is -2.62. The third-order valence-electron chi connectivity index (χ3n) is 6.78. The van der Waals surface area contributed by atoms with E-state index in [0.717, 1.165) is 14.6 Å². The zero-order valence-electron chi connectivity index (χ0n) is 21.7. The van der Waals surface area contributed by atoms with Crippen molar-refractivity contribution in [3.05, 3.63) is 24.3 Å². The van der Waals surface area contributed by atoms with E-state index in [1.165, 1.54) is 4.90 Å². The summed E-state index contributed by atoms with van der Waals surface area (Å²) in [5.74, 6) is -2.43. The number of halogens is 4. The highest BCUT2D eigenvalue weighted by molar-refractivity contribution is 5.88. The molecule has 5 rings (SSSR count). The number of likely N-dealkylation sites (tertiary alicyclic amines) is 1. The van der Waals surface area contributed by atoms with E-state index in [1.54, 1.807) is 32.9 Å². The lowest BCUT2D eigenvalue weighted by atomic mass is 10.1. The molecule has 1 aliphatic carbocycles. The molecule has 3 fully saturated rings. The molecule has 2 aliphatic heterocycles. The molecule has 3 amide bonds. The van der Waals surface area contributed by atoms with Gasteiger partial charge in [-0.2, -0.15) is 13.2 Å². The SMILES string of the molecule is CC(C)(C)OC(=O)N1C[C@H](F)C[C@H]1C(=O)N1CCN(C(=O)C(F)(F)F)C2(CC2)C1.On1nnc2ccccc21. The Morgan fingerprint density at radius 1 is 1.10 bits per heavy atom. The second-order valence-corrected chi connectivity index (χ2v) is 10.9. The summed E-state index contributed by atoms with van der Waals surface area (Å²) >= 11 is 0. The van der Waals surface area contributed by atoms with Gasteiger partial charge in [0.25, 0.3) is 0 Å². The Morgan fingerprint density at radius 3 is 2.36 bits per heavy atom. The monoisotopic (exact) mass is 558 g/mol. The van der Waals surface area contributed by atoms with Gasteiger partial charge in [0.15, 0.2) is 0 Å².